The van der Waals surface area contributed by atoms with Gasteiger partial charge in [0.05, 0.1) is 6.20 Å². The van der Waals surface area contributed by atoms with E-state index in [9.17, 15) is 4.79 Å². The minimum atomic E-state index is -0.0951. The molecule has 0 bridgehead atoms. The van der Waals surface area contributed by atoms with Gasteiger partial charge in [-0.15, -0.1) is 0 Å². The summed E-state index contributed by atoms with van der Waals surface area (Å²) in [6.45, 7) is 1.11. The molecule has 6 heteroatoms. The molecule has 1 heterocycles. The summed E-state index contributed by atoms with van der Waals surface area (Å²) in [4.78, 5) is 19.8. The molecule has 2 rings (SSSR count). The Balaban J connectivity index is 1.75. The highest BCUT2D eigenvalue weighted by Gasteiger charge is 2.04. The van der Waals surface area contributed by atoms with Crippen LogP contribution >= 0.6 is 15.9 Å². The van der Waals surface area contributed by atoms with Gasteiger partial charge >= 0.3 is 0 Å². The molecule has 1 amide bonds. The van der Waals surface area contributed by atoms with Crippen molar-refractivity contribution in [3.8, 4) is 0 Å². The van der Waals surface area contributed by atoms with Gasteiger partial charge in [0.1, 0.15) is 5.82 Å². The summed E-state index contributed by atoms with van der Waals surface area (Å²) in [6, 6.07) is 7.27. The largest absolute Gasteiger partial charge is 0.367 e. The second-order valence-electron chi connectivity index (χ2n) is 3.78. The zero-order valence-corrected chi connectivity index (χ0v) is 11.7. The molecule has 0 radical (unpaired) electrons. The molecular weight excluding hydrogens is 308 g/mol. The first kappa shape index (κ1) is 13.5. The molecule has 1 aromatic carbocycles. The lowest BCUT2D eigenvalue weighted by molar-refractivity contribution is 0.0955. The van der Waals surface area contributed by atoms with Crippen LogP contribution in [0.3, 0.4) is 0 Å². The number of carbonyl (C=O) groups is 1. The van der Waals surface area contributed by atoms with Gasteiger partial charge in [-0.25, -0.2) is 4.98 Å². The second kappa shape index (κ2) is 6.84. The Hall–Kier alpha value is -1.95. The highest BCUT2D eigenvalue weighted by atomic mass is 79.9. The lowest BCUT2D eigenvalue weighted by atomic mass is 10.2. The number of amides is 1. The van der Waals surface area contributed by atoms with Gasteiger partial charge in [0.2, 0.25) is 0 Å². The number of benzene rings is 1. The molecule has 0 spiro atoms. The molecule has 0 aliphatic heterocycles. The number of anilines is 1. The van der Waals surface area contributed by atoms with Gasteiger partial charge in [-0.3, -0.25) is 9.78 Å². The fourth-order valence-corrected chi connectivity index (χ4v) is 1.89. The average Bonchev–Trinajstić information content (AvgIpc) is 2.44. The van der Waals surface area contributed by atoms with E-state index >= 15 is 0 Å². The second-order valence-corrected chi connectivity index (χ2v) is 4.70. The van der Waals surface area contributed by atoms with E-state index in [1.165, 1.54) is 0 Å². The van der Waals surface area contributed by atoms with Crippen molar-refractivity contribution in [2.45, 2.75) is 0 Å². The van der Waals surface area contributed by atoms with Crippen LogP contribution in [0.4, 0.5) is 5.82 Å². The molecule has 0 aliphatic rings. The molecule has 0 fully saturated rings. The summed E-state index contributed by atoms with van der Waals surface area (Å²) in [7, 11) is 0. The van der Waals surface area contributed by atoms with Crippen LogP contribution in [0.15, 0.2) is 47.3 Å². The van der Waals surface area contributed by atoms with Crippen molar-refractivity contribution >= 4 is 27.7 Å². The topological polar surface area (TPSA) is 66.9 Å². The van der Waals surface area contributed by atoms with Crippen molar-refractivity contribution in [3.63, 3.8) is 0 Å². The highest BCUT2D eigenvalue weighted by molar-refractivity contribution is 9.10. The van der Waals surface area contributed by atoms with Crippen LogP contribution in [0.5, 0.6) is 0 Å². The van der Waals surface area contributed by atoms with Gasteiger partial charge in [0.15, 0.2) is 0 Å². The monoisotopic (exact) mass is 320 g/mol. The Morgan fingerprint density at radius 1 is 1.26 bits per heavy atom. The molecule has 19 heavy (non-hydrogen) atoms. The third-order valence-electron chi connectivity index (χ3n) is 2.37. The molecule has 1 aromatic heterocycles. The molecule has 5 nitrogen and oxygen atoms in total. The maximum absolute atomic E-state index is 11.8. The number of hydrogen-bond acceptors (Lipinski definition) is 4. The number of halogens is 1. The Morgan fingerprint density at radius 2 is 2.16 bits per heavy atom. The first-order valence-electron chi connectivity index (χ1n) is 5.79. The van der Waals surface area contributed by atoms with Crippen molar-refractivity contribution in [3.05, 3.63) is 52.9 Å². The van der Waals surface area contributed by atoms with Crippen molar-refractivity contribution in [1.29, 1.82) is 0 Å². The van der Waals surface area contributed by atoms with Gasteiger partial charge in [0.25, 0.3) is 5.91 Å². The van der Waals surface area contributed by atoms with E-state index in [1.54, 1.807) is 30.7 Å². The van der Waals surface area contributed by atoms with Crippen molar-refractivity contribution in [1.82, 2.24) is 15.3 Å². The van der Waals surface area contributed by atoms with Gasteiger partial charge in [-0.1, -0.05) is 22.0 Å². The van der Waals surface area contributed by atoms with E-state index in [4.69, 9.17) is 0 Å². The molecule has 2 aromatic rings. The fraction of sp³-hybridized carbons (Fsp3) is 0.154. The standard InChI is InChI=1S/C13H13BrN4O/c14-11-3-1-2-10(8-11)13(19)18-7-6-17-12-9-15-4-5-16-12/h1-5,8-9H,6-7H2,(H,16,17)(H,18,19). The van der Waals surface area contributed by atoms with Gasteiger partial charge in [-0.05, 0) is 18.2 Å². The Morgan fingerprint density at radius 3 is 2.89 bits per heavy atom. The number of rotatable bonds is 5. The quantitative estimate of drug-likeness (QED) is 0.828. The fourth-order valence-electron chi connectivity index (χ4n) is 1.49. The minimum absolute atomic E-state index is 0.0951. The Labute approximate surface area is 119 Å². The van der Waals surface area contributed by atoms with Crippen LogP contribution in [0, 0.1) is 0 Å². The highest BCUT2D eigenvalue weighted by Crippen LogP contribution is 2.11. The van der Waals surface area contributed by atoms with E-state index in [-0.39, 0.29) is 5.91 Å². The van der Waals surface area contributed by atoms with Gasteiger partial charge in [-0.2, -0.15) is 0 Å². The van der Waals surface area contributed by atoms with E-state index < -0.39 is 0 Å². The van der Waals surface area contributed by atoms with Crippen LogP contribution < -0.4 is 10.6 Å². The number of hydrogen-bond donors (Lipinski definition) is 2. The van der Waals surface area contributed by atoms with E-state index in [0.717, 1.165) is 4.47 Å². The van der Waals surface area contributed by atoms with E-state index in [1.807, 2.05) is 12.1 Å². The third kappa shape index (κ3) is 4.33. The zero-order chi connectivity index (χ0) is 13.5. The normalized spacial score (nSPS) is 9.95. The predicted octanol–water partition coefficient (Wildman–Crippen LogP) is 2.08. The molecule has 2 N–H and O–H groups in total. The van der Waals surface area contributed by atoms with E-state index in [2.05, 4.69) is 36.5 Å². The molecule has 0 atom stereocenters. The molecule has 0 aliphatic carbocycles. The molecule has 0 saturated heterocycles. The Bertz CT molecular complexity index is 547. The number of carbonyl (C=O) groups excluding carboxylic acids is 1. The van der Waals surface area contributed by atoms with Crippen LogP contribution in [0.1, 0.15) is 10.4 Å². The molecule has 0 unspecified atom stereocenters. The van der Waals surface area contributed by atoms with Crippen LogP contribution in [0.2, 0.25) is 0 Å². The SMILES string of the molecule is O=C(NCCNc1cnccn1)c1cccc(Br)c1. The van der Waals surface area contributed by atoms with Crippen molar-refractivity contribution in [2.75, 3.05) is 18.4 Å². The van der Waals surface area contributed by atoms with Crippen LogP contribution in [-0.4, -0.2) is 29.0 Å². The Kier molecular flexibility index (Phi) is 4.85. The summed E-state index contributed by atoms with van der Waals surface area (Å²) in [5, 5.41) is 5.89. The summed E-state index contributed by atoms with van der Waals surface area (Å²) in [5.74, 6) is 0.599. The van der Waals surface area contributed by atoms with Crippen molar-refractivity contribution < 1.29 is 4.79 Å². The minimum Gasteiger partial charge on any atom is -0.367 e. The first-order valence-corrected chi connectivity index (χ1v) is 6.58. The summed E-state index contributed by atoms with van der Waals surface area (Å²) in [5.41, 5.74) is 0.633. The average molecular weight is 321 g/mol. The summed E-state index contributed by atoms with van der Waals surface area (Å²) in [6.07, 6.45) is 4.86. The van der Waals surface area contributed by atoms with Gasteiger partial charge < -0.3 is 10.6 Å². The first-order chi connectivity index (χ1) is 9.25. The smallest absolute Gasteiger partial charge is 0.251 e. The number of nitrogens with zero attached hydrogens (tertiary/aromatic N) is 2. The number of nitrogens with one attached hydrogen (secondary N) is 2. The van der Waals surface area contributed by atoms with E-state index in [0.29, 0.717) is 24.5 Å². The zero-order valence-electron chi connectivity index (χ0n) is 10.1. The predicted molar refractivity (Wildman–Crippen MR) is 77.0 cm³/mol. The molecule has 0 saturated carbocycles. The van der Waals surface area contributed by atoms with Crippen molar-refractivity contribution in [2.24, 2.45) is 0 Å². The summed E-state index contributed by atoms with van der Waals surface area (Å²) < 4.78 is 0.887. The maximum Gasteiger partial charge on any atom is 0.251 e. The summed E-state index contributed by atoms with van der Waals surface area (Å²) >= 11 is 3.34. The molecular formula is C13H13BrN4O. The third-order valence-corrected chi connectivity index (χ3v) is 2.86. The maximum atomic E-state index is 11.8. The van der Waals surface area contributed by atoms with Gasteiger partial charge in [0, 0.05) is 35.5 Å². The van der Waals surface area contributed by atoms with Crippen LogP contribution in [-0.2, 0) is 0 Å². The number of aromatic nitrogens is 2. The lowest BCUT2D eigenvalue weighted by Crippen LogP contribution is -2.28. The molecule has 98 valence electrons. The van der Waals surface area contributed by atoms with Crippen LogP contribution in [0.25, 0.3) is 0 Å². The lowest BCUT2D eigenvalue weighted by Gasteiger charge is -2.07.